The second-order valence-corrected chi connectivity index (χ2v) is 7.48. The molecule has 7 heteroatoms. The fourth-order valence-electron chi connectivity index (χ4n) is 3.00. The van der Waals surface area contributed by atoms with Crippen molar-refractivity contribution in [2.45, 2.75) is 31.7 Å². The molecule has 2 amide bonds. The Morgan fingerprint density at radius 1 is 1.21 bits per heavy atom. The number of hydrogen-bond donors (Lipinski definition) is 1. The van der Waals surface area contributed by atoms with Gasteiger partial charge in [-0.2, -0.15) is 0 Å². The van der Waals surface area contributed by atoms with Gasteiger partial charge in [-0.1, -0.05) is 37.3 Å². The summed E-state index contributed by atoms with van der Waals surface area (Å²) in [5.41, 5.74) is 1.43. The molecule has 0 radical (unpaired) electrons. The Labute approximate surface area is 175 Å². The summed E-state index contributed by atoms with van der Waals surface area (Å²) >= 11 is 1.33. The molecule has 1 unspecified atom stereocenters. The van der Waals surface area contributed by atoms with Gasteiger partial charge in [0.2, 0.25) is 11.8 Å². The Morgan fingerprint density at radius 2 is 1.97 bits per heavy atom. The molecule has 1 atom stereocenters. The third-order valence-corrected chi connectivity index (χ3v) is 5.53. The maximum Gasteiger partial charge on any atom is 0.242 e. The number of amides is 2. The summed E-state index contributed by atoms with van der Waals surface area (Å²) in [4.78, 5) is 26.9. The molecule has 0 heterocycles. The van der Waals surface area contributed by atoms with Crippen LogP contribution >= 0.6 is 11.8 Å². The second kappa shape index (κ2) is 11.5. The number of carbonyl (C=O) groups is 2. The highest BCUT2D eigenvalue weighted by molar-refractivity contribution is 7.99. The van der Waals surface area contributed by atoms with Crippen LogP contribution in [0.1, 0.15) is 24.5 Å². The first kappa shape index (κ1) is 22.7. The number of benzene rings is 2. The van der Waals surface area contributed by atoms with Crippen LogP contribution in [-0.4, -0.2) is 42.7 Å². The molecule has 0 spiro atoms. The second-order valence-electron chi connectivity index (χ2n) is 6.50. The number of hydrogen-bond acceptors (Lipinski definition) is 4. The third-order valence-electron chi connectivity index (χ3n) is 4.56. The molecule has 0 aliphatic heterocycles. The summed E-state index contributed by atoms with van der Waals surface area (Å²) in [6, 6.07) is 13.4. The molecule has 0 bridgehead atoms. The standard InChI is InChI=1S/C22H27FN2O3S/c1-4-20(22(27)24-2)25(13-16-8-7-10-18(12-16)28-3)21(26)15-29-14-17-9-5-6-11-19(17)23/h5-12,20H,4,13-15H2,1-3H3,(H,24,27). The van der Waals surface area contributed by atoms with Crippen molar-refractivity contribution in [1.82, 2.24) is 10.2 Å². The van der Waals surface area contributed by atoms with Crippen LogP contribution < -0.4 is 10.1 Å². The Hall–Kier alpha value is -2.54. The summed E-state index contributed by atoms with van der Waals surface area (Å²) in [5, 5.41) is 2.64. The van der Waals surface area contributed by atoms with E-state index >= 15 is 0 Å². The number of likely N-dealkylation sites (N-methyl/N-ethyl adjacent to an activating group) is 1. The molecule has 2 aromatic rings. The molecule has 2 aromatic carbocycles. The van der Waals surface area contributed by atoms with Crippen LogP contribution in [0.3, 0.4) is 0 Å². The molecule has 1 N–H and O–H groups in total. The number of carbonyl (C=O) groups excluding carboxylic acids is 2. The SMILES string of the molecule is CCC(C(=O)NC)N(Cc1cccc(OC)c1)C(=O)CSCc1ccccc1F. The van der Waals surface area contributed by atoms with Crippen molar-refractivity contribution in [1.29, 1.82) is 0 Å². The monoisotopic (exact) mass is 418 g/mol. The highest BCUT2D eigenvalue weighted by Crippen LogP contribution is 2.20. The van der Waals surface area contributed by atoms with Crippen LogP contribution in [0.15, 0.2) is 48.5 Å². The molecule has 0 aliphatic carbocycles. The lowest BCUT2D eigenvalue weighted by molar-refractivity contribution is -0.139. The molecule has 0 fully saturated rings. The molecule has 0 aromatic heterocycles. The maximum atomic E-state index is 13.8. The van der Waals surface area contributed by atoms with Crippen LogP contribution in [0.4, 0.5) is 4.39 Å². The molecule has 0 aliphatic rings. The van der Waals surface area contributed by atoms with Crippen LogP contribution in [0.2, 0.25) is 0 Å². The van der Waals surface area contributed by atoms with Gasteiger partial charge in [-0.15, -0.1) is 11.8 Å². The summed E-state index contributed by atoms with van der Waals surface area (Å²) < 4.78 is 19.0. The number of ether oxygens (including phenoxy) is 1. The van der Waals surface area contributed by atoms with Gasteiger partial charge in [0.05, 0.1) is 12.9 Å². The highest BCUT2D eigenvalue weighted by atomic mass is 32.2. The first-order valence-corrected chi connectivity index (χ1v) is 10.6. The van der Waals surface area contributed by atoms with E-state index in [9.17, 15) is 14.0 Å². The van der Waals surface area contributed by atoms with Crippen molar-refractivity contribution in [2.24, 2.45) is 0 Å². The Kier molecular flexibility index (Phi) is 8.99. The lowest BCUT2D eigenvalue weighted by atomic mass is 10.1. The van der Waals surface area contributed by atoms with E-state index in [1.54, 1.807) is 37.3 Å². The van der Waals surface area contributed by atoms with E-state index in [1.165, 1.54) is 17.8 Å². The molecule has 156 valence electrons. The van der Waals surface area contributed by atoms with Crippen LogP contribution in [0, 0.1) is 5.82 Å². The minimum absolute atomic E-state index is 0.159. The highest BCUT2D eigenvalue weighted by Gasteiger charge is 2.28. The van der Waals surface area contributed by atoms with Gasteiger partial charge in [0.25, 0.3) is 0 Å². The smallest absolute Gasteiger partial charge is 0.242 e. The number of nitrogens with one attached hydrogen (secondary N) is 1. The topological polar surface area (TPSA) is 58.6 Å². The van der Waals surface area contributed by atoms with E-state index in [-0.39, 0.29) is 23.4 Å². The van der Waals surface area contributed by atoms with Crippen LogP contribution in [0.5, 0.6) is 5.75 Å². The first-order valence-electron chi connectivity index (χ1n) is 9.45. The van der Waals surface area contributed by atoms with Crippen molar-refractivity contribution >= 4 is 23.6 Å². The van der Waals surface area contributed by atoms with Crippen LogP contribution in [0.25, 0.3) is 0 Å². The van der Waals surface area contributed by atoms with E-state index in [1.807, 2.05) is 31.2 Å². The van der Waals surface area contributed by atoms with Crippen molar-refractivity contribution in [3.05, 3.63) is 65.5 Å². The number of thioether (sulfide) groups is 1. The Morgan fingerprint density at radius 3 is 2.62 bits per heavy atom. The number of halogens is 1. The lowest BCUT2D eigenvalue weighted by Crippen LogP contribution is -2.48. The van der Waals surface area contributed by atoms with Gasteiger partial charge in [-0.25, -0.2) is 4.39 Å². The Bertz CT molecular complexity index is 831. The molecular formula is C22H27FN2O3S. The average molecular weight is 419 g/mol. The fraction of sp³-hybridized carbons (Fsp3) is 0.364. The largest absolute Gasteiger partial charge is 0.497 e. The van der Waals surface area contributed by atoms with Crippen molar-refractivity contribution < 1.29 is 18.7 Å². The predicted octanol–water partition coefficient (Wildman–Crippen LogP) is 3.62. The van der Waals surface area contributed by atoms with Gasteiger partial charge in [-0.3, -0.25) is 9.59 Å². The predicted molar refractivity (Wildman–Crippen MR) is 114 cm³/mol. The van der Waals surface area contributed by atoms with E-state index in [0.717, 1.165) is 5.56 Å². The minimum atomic E-state index is -0.576. The summed E-state index contributed by atoms with van der Waals surface area (Å²) in [6.07, 6.45) is 0.493. The lowest BCUT2D eigenvalue weighted by Gasteiger charge is -2.30. The van der Waals surface area contributed by atoms with Crippen molar-refractivity contribution in [3.8, 4) is 5.75 Å². The van der Waals surface area contributed by atoms with E-state index < -0.39 is 6.04 Å². The molecule has 5 nitrogen and oxygen atoms in total. The number of rotatable bonds is 10. The normalized spacial score (nSPS) is 11.6. The zero-order valence-electron chi connectivity index (χ0n) is 17.0. The van der Waals surface area contributed by atoms with E-state index in [4.69, 9.17) is 4.74 Å². The van der Waals surface area contributed by atoms with Gasteiger partial charge in [-0.05, 0) is 35.7 Å². The Balaban J connectivity index is 2.13. The van der Waals surface area contributed by atoms with Gasteiger partial charge in [0.1, 0.15) is 17.6 Å². The zero-order valence-corrected chi connectivity index (χ0v) is 17.8. The van der Waals surface area contributed by atoms with Crippen molar-refractivity contribution in [3.63, 3.8) is 0 Å². The van der Waals surface area contributed by atoms with Gasteiger partial charge in [0.15, 0.2) is 0 Å². The first-order chi connectivity index (χ1) is 14.0. The van der Waals surface area contributed by atoms with Gasteiger partial charge < -0.3 is 15.0 Å². The summed E-state index contributed by atoms with van der Waals surface area (Å²) in [6.45, 7) is 2.17. The van der Waals surface area contributed by atoms with E-state index in [2.05, 4.69) is 5.32 Å². The molecule has 29 heavy (non-hydrogen) atoms. The summed E-state index contributed by atoms with van der Waals surface area (Å²) in [7, 11) is 3.15. The molecule has 0 saturated carbocycles. The minimum Gasteiger partial charge on any atom is -0.497 e. The number of nitrogens with zero attached hydrogens (tertiary/aromatic N) is 1. The summed E-state index contributed by atoms with van der Waals surface area (Å²) in [5.74, 6) is 0.593. The number of methoxy groups -OCH3 is 1. The molecular weight excluding hydrogens is 391 g/mol. The third kappa shape index (κ3) is 6.49. The zero-order chi connectivity index (χ0) is 21.2. The average Bonchev–Trinajstić information content (AvgIpc) is 2.74. The van der Waals surface area contributed by atoms with E-state index in [0.29, 0.717) is 30.0 Å². The maximum absolute atomic E-state index is 13.8. The molecule has 2 rings (SSSR count). The fourth-order valence-corrected chi connectivity index (χ4v) is 3.90. The van der Waals surface area contributed by atoms with Gasteiger partial charge >= 0.3 is 0 Å². The van der Waals surface area contributed by atoms with Crippen molar-refractivity contribution in [2.75, 3.05) is 19.9 Å². The van der Waals surface area contributed by atoms with Crippen LogP contribution in [-0.2, 0) is 21.9 Å². The molecule has 0 saturated heterocycles. The quantitative estimate of drug-likeness (QED) is 0.640. The van der Waals surface area contributed by atoms with Gasteiger partial charge in [0, 0.05) is 19.3 Å².